The van der Waals surface area contributed by atoms with E-state index in [1.807, 2.05) is 23.1 Å². The van der Waals surface area contributed by atoms with Crippen LogP contribution in [-0.2, 0) is 4.79 Å². The molecule has 3 aromatic rings. The van der Waals surface area contributed by atoms with Gasteiger partial charge in [-0.25, -0.2) is 0 Å². The summed E-state index contributed by atoms with van der Waals surface area (Å²) in [7, 11) is 0. The van der Waals surface area contributed by atoms with Crippen molar-refractivity contribution in [3.8, 4) is 17.2 Å². The number of benzene rings is 2. The fraction of sp³-hybridized carbons (Fsp3) is 0.304. The lowest BCUT2D eigenvalue weighted by atomic mass is 10.1. The average molecular weight is 393 g/mol. The van der Waals surface area contributed by atoms with Gasteiger partial charge in [0.25, 0.3) is 5.91 Å². The first-order valence-electron chi connectivity index (χ1n) is 9.83. The zero-order valence-corrected chi connectivity index (χ0v) is 16.3. The predicted molar refractivity (Wildman–Crippen MR) is 110 cm³/mol. The van der Waals surface area contributed by atoms with E-state index in [9.17, 15) is 9.59 Å². The Labute approximate surface area is 168 Å². The zero-order chi connectivity index (χ0) is 20.2. The Morgan fingerprint density at radius 1 is 1.03 bits per heavy atom. The molecular formula is C23H23NO5. The van der Waals surface area contributed by atoms with Crippen LogP contribution in [0.1, 0.15) is 25.0 Å². The molecular weight excluding hydrogens is 370 g/mol. The van der Waals surface area contributed by atoms with E-state index in [2.05, 4.69) is 0 Å². The number of fused-ring (bicyclic) bond motifs is 1. The van der Waals surface area contributed by atoms with Gasteiger partial charge in [0.2, 0.25) is 11.2 Å². The number of para-hydroxylation sites is 1. The minimum absolute atomic E-state index is 0.0194. The van der Waals surface area contributed by atoms with Gasteiger partial charge in [-0.2, -0.15) is 0 Å². The highest BCUT2D eigenvalue weighted by Gasteiger charge is 2.18. The molecule has 0 radical (unpaired) electrons. The number of hydrogen-bond acceptors (Lipinski definition) is 5. The van der Waals surface area contributed by atoms with Crippen LogP contribution in [0.5, 0.6) is 17.2 Å². The Morgan fingerprint density at radius 2 is 1.79 bits per heavy atom. The minimum atomic E-state index is -0.247. The molecule has 1 aromatic heterocycles. The predicted octanol–water partition coefficient (Wildman–Crippen LogP) is 4.29. The quantitative estimate of drug-likeness (QED) is 0.647. The Morgan fingerprint density at radius 3 is 2.55 bits per heavy atom. The van der Waals surface area contributed by atoms with Crippen LogP contribution >= 0.6 is 0 Å². The van der Waals surface area contributed by atoms with Crippen LogP contribution in [0.4, 0.5) is 0 Å². The molecule has 29 heavy (non-hydrogen) atoms. The summed E-state index contributed by atoms with van der Waals surface area (Å²) in [6.45, 7) is 3.24. The molecule has 6 nitrogen and oxygen atoms in total. The molecule has 0 atom stereocenters. The largest absolute Gasteiger partial charge is 0.484 e. The molecule has 1 aliphatic heterocycles. The molecule has 2 heterocycles. The summed E-state index contributed by atoms with van der Waals surface area (Å²) in [4.78, 5) is 27.0. The number of likely N-dealkylation sites (tertiary alicyclic amines) is 1. The van der Waals surface area contributed by atoms with Crippen molar-refractivity contribution in [2.24, 2.45) is 0 Å². The van der Waals surface area contributed by atoms with Gasteiger partial charge < -0.3 is 18.8 Å². The normalized spacial score (nSPS) is 14.0. The van der Waals surface area contributed by atoms with E-state index < -0.39 is 0 Å². The van der Waals surface area contributed by atoms with Crippen molar-refractivity contribution in [1.29, 1.82) is 0 Å². The smallest absolute Gasteiger partial charge is 0.260 e. The summed E-state index contributed by atoms with van der Waals surface area (Å²) in [5, 5.41) is 0.399. The Balaban J connectivity index is 1.53. The SMILES string of the molecule is Cc1oc2cc(OCC(=O)N3CCCCC3)ccc2c(=O)c1Oc1ccccc1. The lowest BCUT2D eigenvalue weighted by Gasteiger charge is -2.26. The van der Waals surface area contributed by atoms with Crippen LogP contribution in [0.15, 0.2) is 57.7 Å². The molecule has 0 saturated carbocycles. The maximum atomic E-state index is 12.9. The highest BCUT2D eigenvalue weighted by molar-refractivity contribution is 5.80. The Hall–Kier alpha value is -3.28. The van der Waals surface area contributed by atoms with Gasteiger partial charge in [0.15, 0.2) is 6.61 Å². The van der Waals surface area contributed by atoms with E-state index in [0.717, 1.165) is 25.9 Å². The van der Waals surface area contributed by atoms with Gasteiger partial charge in [-0.15, -0.1) is 0 Å². The number of ether oxygens (including phenoxy) is 2. The van der Waals surface area contributed by atoms with E-state index in [1.165, 1.54) is 6.42 Å². The Bertz CT molecular complexity index is 1070. The van der Waals surface area contributed by atoms with Gasteiger partial charge in [-0.3, -0.25) is 9.59 Å². The van der Waals surface area contributed by atoms with Crippen LogP contribution in [-0.4, -0.2) is 30.5 Å². The van der Waals surface area contributed by atoms with Gasteiger partial charge in [0.05, 0.1) is 5.39 Å². The maximum Gasteiger partial charge on any atom is 0.260 e. The molecule has 0 unspecified atom stereocenters. The zero-order valence-electron chi connectivity index (χ0n) is 16.3. The number of hydrogen-bond donors (Lipinski definition) is 0. The third-order valence-electron chi connectivity index (χ3n) is 5.02. The van der Waals surface area contributed by atoms with E-state index >= 15 is 0 Å². The number of carbonyl (C=O) groups excluding carboxylic acids is 1. The van der Waals surface area contributed by atoms with Crippen LogP contribution in [0.3, 0.4) is 0 Å². The first-order valence-corrected chi connectivity index (χ1v) is 9.83. The second-order valence-corrected chi connectivity index (χ2v) is 7.12. The summed E-state index contributed by atoms with van der Waals surface area (Å²) in [6.07, 6.45) is 3.25. The molecule has 6 heteroatoms. The van der Waals surface area contributed by atoms with Gasteiger partial charge in [0, 0.05) is 19.2 Å². The van der Waals surface area contributed by atoms with Crippen LogP contribution < -0.4 is 14.9 Å². The van der Waals surface area contributed by atoms with Gasteiger partial charge in [0.1, 0.15) is 22.8 Å². The first kappa shape index (κ1) is 19.1. The van der Waals surface area contributed by atoms with Gasteiger partial charge >= 0.3 is 0 Å². The molecule has 0 spiro atoms. The third kappa shape index (κ3) is 4.26. The molecule has 1 aliphatic rings. The van der Waals surface area contributed by atoms with Gasteiger partial charge in [-0.1, -0.05) is 18.2 Å². The average Bonchev–Trinajstić information content (AvgIpc) is 2.76. The molecule has 1 amide bonds. The molecule has 2 aromatic carbocycles. The highest BCUT2D eigenvalue weighted by atomic mass is 16.5. The summed E-state index contributed by atoms with van der Waals surface area (Å²) < 4.78 is 17.2. The molecule has 1 fully saturated rings. The van der Waals surface area contributed by atoms with Crippen molar-refractivity contribution < 1.29 is 18.7 Å². The number of aryl methyl sites for hydroxylation is 1. The van der Waals surface area contributed by atoms with Crippen molar-refractivity contribution in [3.63, 3.8) is 0 Å². The fourth-order valence-electron chi connectivity index (χ4n) is 3.46. The highest BCUT2D eigenvalue weighted by Crippen LogP contribution is 2.27. The molecule has 4 rings (SSSR count). The lowest BCUT2D eigenvalue weighted by Crippen LogP contribution is -2.38. The van der Waals surface area contributed by atoms with Crippen LogP contribution in [0.2, 0.25) is 0 Å². The number of carbonyl (C=O) groups is 1. The summed E-state index contributed by atoms with van der Waals surface area (Å²) in [5.74, 6) is 1.58. The second kappa shape index (κ2) is 8.39. The van der Waals surface area contributed by atoms with Crippen molar-refractivity contribution >= 4 is 16.9 Å². The standard InChI is InChI=1S/C23H23NO5/c1-16-23(29-17-8-4-2-5-9-17)22(26)19-11-10-18(14-20(19)28-16)27-15-21(25)24-12-6-3-7-13-24/h2,4-5,8-11,14H,3,6-7,12-13,15H2,1H3. The summed E-state index contributed by atoms with van der Waals surface area (Å²) in [6, 6.07) is 14.0. The summed E-state index contributed by atoms with van der Waals surface area (Å²) in [5.41, 5.74) is 0.152. The third-order valence-corrected chi connectivity index (χ3v) is 5.02. The molecule has 1 saturated heterocycles. The first-order chi connectivity index (χ1) is 14.1. The molecule has 0 N–H and O–H groups in total. The van der Waals surface area contributed by atoms with E-state index in [1.54, 1.807) is 37.3 Å². The lowest BCUT2D eigenvalue weighted by molar-refractivity contribution is -0.134. The van der Waals surface area contributed by atoms with E-state index in [-0.39, 0.29) is 23.7 Å². The van der Waals surface area contributed by atoms with Crippen LogP contribution in [0, 0.1) is 6.92 Å². The monoisotopic (exact) mass is 393 g/mol. The van der Waals surface area contributed by atoms with Crippen LogP contribution in [0.25, 0.3) is 11.0 Å². The number of nitrogens with zero attached hydrogens (tertiary/aromatic N) is 1. The van der Waals surface area contributed by atoms with Crippen molar-refractivity contribution in [2.45, 2.75) is 26.2 Å². The van der Waals surface area contributed by atoms with E-state index in [4.69, 9.17) is 13.9 Å². The van der Waals surface area contributed by atoms with Gasteiger partial charge in [-0.05, 0) is 50.5 Å². The van der Waals surface area contributed by atoms with Crippen molar-refractivity contribution in [3.05, 3.63) is 64.5 Å². The Kier molecular flexibility index (Phi) is 5.51. The van der Waals surface area contributed by atoms with Crippen molar-refractivity contribution in [1.82, 2.24) is 4.90 Å². The minimum Gasteiger partial charge on any atom is -0.484 e. The molecule has 0 aliphatic carbocycles. The second-order valence-electron chi connectivity index (χ2n) is 7.12. The van der Waals surface area contributed by atoms with E-state index in [0.29, 0.717) is 28.2 Å². The van der Waals surface area contributed by atoms with Crippen molar-refractivity contribution in [2.75, 3.05) is 19.7 Å². The topological polar surface area (TPSA) is 69.0 Å². The number of piperidine rings is 1. The summed E-state index contributed by atoms with van der Waals surface area (Å²) >= 11 is 0. The molecule has 150 valence electrons. The number of amides is 1. The maximum absolute atomic E-state index is 12.9. The molecule has 0 bridgehead atoms. The fourth-order valence-corrected chi connectivity index (χ4v) is 3.46. The number of rotatable bonds is 5.